The Labute approximate surface area is 63.6 Å². The zero-order valence-corrected chi connectivity index (χ0v) is 6.88. The van der Waals surface area contributed by atoms with Crippen molar-refractivity contribution >= 4 is 0 Å². The zero-order valence-electron chi connectivity index (χ0n) is 6.88. The van der Waals surface area contributed by atoms with Crippen molar-refractivity contribution in [1.82, 2.24) is 0 Å². The van der Waals surface area contributed by atoms with Crippen molar-refractivity contribution in [2.24, 2.45) is 5.73 Å². The fourth-order valence-corrected chi connectivity index (χ4v) is 0.610. The van der Waals surface area contributed by atoms with E-state index in [1.54, 1.807) is 0 Å². The minimum absolute atomic E-state index is 0.335. The van der Waals surface area contributed by atoms with E-state index in [2.05, 4.69) is 13.0 Å². The Morgan fingerprint density at radius 1 is 1.40 bits per heavy atom. The summed E-state index contributed by atoms with van der Waals surface area (Å²) in [4.78, 5) is 0. The Morgan fingerprint density at radius 3 is 2.60 bits per heavy atom. The molecule has 0 aliphatic heterocycles. The van der Waals surface area contributed by atoms with Crippen LogP contribution in [0, 0.1) is 0 Å². The van der Waals surface area contributed by atoms with Crippen LogP contribution in [0.1, 0.15) is 26.7 Å². The van der Waals surface area contributed by atoms with Gasteiger partial charge in [0.25, 0.3) is 0 Å². The number of hydrogen-bond donors (Lipinski definition) is 1. The highest BCUT2D eigenvalue weighted by atomic mass is 14.6. The van der Waals surface area contributed by atoms with Crippen molar-refractivity contribution in [3.8, 4) is 0 Å². The molecule has 10 heavy (non-hydrogen) atoms. The Balaban J connectivity index is 3.33. The van der Waals surface area contributed by atoms with E-state index in [0.29, 0.717) is 6.04 Å². The predicted molar refractivity (Wildman–Crippen MR) is 46.8 cm³/mol. The summed E-state index contributed by atoms with van der Waals surface area (Å²) < 4.78 is 0. The molecule has 0 spiro atoms. The minimum atomic E-state index is 0.335. The molecule has 0 saturated carbocycles. The molecule has 0 aromatic carbocycles. The van der Waals surface area contributed by atoms with Crippen LogP contribution in [0.3, 0.4) is 0 Å². The summed E-state index contributed by atoms with van der Waals surface area (Å²) in [6, 6.07) is 0.335. The number of allylic oxidation sites excluding steroid dienone is 3. The quantitative estimate of drug-likeness (QED) is 0.594. The SMILES string of the molecule is C/C=C/C=C/CC(N)CC. The molecule has 0 aliphatic rings. The first-order chi connectivity index (χ1) is 4.81. The first-order valence-corrected chi connectivity index (χ1v) is 3.84. The summed E-state index contributed by atoms with van der Waals surface area (Å²) in [6.45, 7) is 4.11. The maximum Gasteiger partial charge on any atom is 0.00708 e. The van der Waals surface area contributed by atoms with Crippen molar-refractivity contribution in [2.45, 2.75) is 32.7 Å². The second-order valence-corrected chi connectivity index (χ2v) is 2.36. The van der Waals surface area contributed by atoms with Crippen LogP contribution in [0.2, 0.25) is 0 Å². The third-order valence-electron chi connectivity index (χ3n) is 1.40. The molecule has 58 valence electrons. The van der Waals surface area contributed by atoms with Crippen LogP contribution in [-0.4, -0.2) is 6.04 Å². The average Bonchev–Trinajstić information content (AvgIpc) is 1.98. The van der Waals surface area contributed by atoms with E-state index >= 15 is 0 Å². The van der Waals surface area contributed by atoms with Gasteiger partial charge in [-0.1, -0.05) is 31.2 Å². The van der Waals surface area contributed by atoms with Crippen molar-refractivity contribution in [2.75, 3.05) is 0 Å². The van der Waals surface area contributed by atoms with Crippen LogP contribution >= 0.6 is 0 Å². The molecule has 0 radical (unpaired) electrons. The third-order valence-corrected chi connectivity index (χ3v) is 1.40. The van der Waals surface area contributed by atoms with E-state index in [0.717, 1.165) is 12.8 Å². The van der Waals surface area contributed by atoms with Gasteiger partial charge in [0.15, 0.2) is 0 Å². The highest BCUT2D eigenvalue weighted by molar-refractivity contribution is 5.01. The molecule has 0 rings (SSSR count). The fraction of sp³-hybridized carbons (Fsp3) is 0.556. The van der Waals surface area contributed by atoms with E-state index in [1.165, 1.54) is 0 Å². The smallest absolute Gasteiger partial charge is 0.00708 e. The molecule has 0 fully saturated rings. The first-order valence-electron chi connectivity index (χ1n) is 3.84. The standard InChI is InChI=1S/C9H17N/c1-3-5-6-7-8-9(10)4-2/h3,5-7,9H,4,8,10H2,1-2H3/b5-3+,7-6+. The summed E-state index contributed by atoms with van der Waals surface area (Å²) in [5.74, 6) is 0. The van der Waals surface area contributed by atoms with E-state index in [-0.39, 0.29) is 0 Å². The Morgan fingerprint density at radius 2 is 2.10 bits per heavy atom. The molecule has 2 N–H and O–H groups in total. The number of hydrogen-bond acceptors (Lipinski definition) is 1. The Kier molecular flexibility index (Phi) is 6.19. The molecule has 0 amide bonds. The van der Waals surface area contributed by atoms with E-state index < -0.39 is 0 Å². The molecule has 0 aliphatic carbocycles. The molecule has 0 aromatic heterocycles. The summed E-state index contributed by atoms with van der Waals surface area (Å²) in [5.41, 5.74) is 5.68. The lowest BCUT2D eigenvalue weighted by molar-refractivity contribution is 0.659. The second-order valence-electron chi connectivity index (χ2n) is 2.36. The topological polar surface area (TPSA) is 26.0 Å². The lowest BCUT2D eigenvalue weighted by atomic mass is 10.1. The molecule has 1 unspecified atom stereocenters. The first kappa shape index (κ1) is 9.44. The van der Waals surface area contributed by atoms with Gasteiger partial charge in [-0.2, -0.15) is 0 Å². The lowest BCUT2D eigenvalue weighted by Crippen LogP contribution is -2.16. The van der Waals surface area contributed by atoms with Gasteiger partial charge in [-0.05, 0) is 19.8 Å². The summed E-state index contributed by atoms with van der Waals surface area (Å²) >= 11 is 0. The third kappa shape index (κ3) is 5.57. The van der Waals surface area contributed by atoms with Crippen LogP contribution in [0.4, 0.5) is 0 Å². The Bertz CT molecular complexity index is 114. The van der Waals surface area contributed by atoms with Gasteiger partial charge in [0.05, 0.1) is 0 Å². The van der Waals surface area contributed by atoms with Gasteiger partial charge in [-0.3, -0.25) is 0 Å². The zero-order chi connectivity index (χ0) is 7.82. The summed E-state index contributed by atoms with van der Waals surface area (Å²) in [6.07, 6.45) is 10.2. The van der Waals surface area contributed by atoms with Gasteiger partial charge in [0, 0.05) is 6.04 Å². The van der Waals surface area contributed by atoms with E-state index in [4.69, 9.17) is 5.73 Å². The number of rotatable bonds is 4. The molecule has 0 heterocycles. The lowest BCUT2D eigenvalue weighted by Gasteiger charge is -2.01. The largest absolute Gasteiger partial charge is 0.327 e. The molecule has 0 aromatic rings. The minimum Gasteiger partial charge on any atom is -0.327 e. The normalized spacial score (nSPS) is 15.1. The van der Waals surface area contributed by atoms with Gasteiger partial charge in [0.1, 0.15) is 0 Å². The van der Waals surface area contributed by atoms with Gasteiger partial charge in [0.2, 0.25) is 0 Å². The molecule has 0 saturated heterocycles. The van der Waals surface area contributed by atoms with Crippen molar-refractivity contribution in [3.05, 3.63) is 24.3 Å². The van der Waals surface area contributed by atoms with Gasteiger partial charge in [-0.25, -0.2) is 0 Å². The van der Waals surface area contributed by atoms with Crippen LogP contribution < -0.4 is 5.73 Å². The summed E-state index contributed by atoms with van der Waals surface area (Å²) in [7, 11) is 0. The van der Waals surface area contributed by atoms with E-state index in [1.807, 2.05) is 25.2 Å². The highest BCUT2D eigenvalue weighted by Gasteiger charge is 1.91. The van der Waals surface area contributed by atoms with Crippen LogP contribution in [-0.2, 0) is 0 Å². The maximum atomic E-state index is 5.68. The van der Waals surface area contributed by atoms with Gasteiger partial charge >= 0.3 is 0 Å². The monoisotopic (exact) mass is 139 g/mol. The van der Waals surface area contributed by atoms with Crippen LogP contribution in [0.5, 0.6) is 0 Å². The number of nitrogens with two attached hydrogens (primary N) is 1. The second kappa shape index (κ2) is 6.56. The predicted octanol–water partition coefficient (Wildman–Crippen LogP) is 2.25. The van der Waals surface area contributed by atoms with Gasteiger partial charge in [-0.15, -0.1) is 0 Å². The highest BCUT2D eigenvalue weighted by Crippen LogP contribution is 1.94. The van der Waals surface area contributed by atoms with Crippen molar-refractivity contribution < 1.29 is 0 Å². The Hall–Kier alpha value is -0.560. The van der Waals surface area contributed by atoms with Gasteiger partial charge < -0.3 is 5.73 Å². The van der Waals surface area contributed by atoms with Crippen LogP contribution in [0.15, 0.2) is 24.3 Å². The van der Waals surface area contributed by atoms with E-state index in [9.17, 15) is 0 Å². The van der Waals surface area contributed by atoms with Crippen molar-refractivity contribution in [1.29, 1.82) is 0 Å². The molecular formula is C9H17N. The molecular weight excluding hydrogens is 122 g/mol. The van der Waals surface area contributed by atoms with Crippen molar-refractivity contribution in [3.63, 3.8) is 0 Å². The maximum absolute atomic E-state index is 5.68. The van der Waals surface area contributed by atoms with Crippen LogP contribution in [0.25, 0.3) is 0 Å². The summed E-state index contributed by atoms with van der Waals surface area (Å²) in [5, 5.41) is 0. The molecule has 0 bridgehead atoms. The fourth-order valence-electron chi connectivity index (χ4n) is 0.610. The molecule has 1 nitrogen and oxygen atoms in total. The average molecular weight is 139 g/mol. The molecule has 1 heteroatoms. The molecule has 1 atom stereocenters.